The number of alkyl halides is 3. The van der Waals surface area contributed by atoms with Crippen LogP contribution in [0.2, 0.25) is 0 Å². The van der Waals surface area contributed by atoms with Gasteiger partial charge in [-0.2, -0.15) is 13.2 Å². The lowest BCUT2D eigenvalue weighted by atomic mass is 9.84. The van der Waals surface area contributed by atoms with Crippen molar-refractivity contribution < 1.29 is 27.4 Å². The van der Waals surface area contributed by atoms with Gasteiger partial charge in [-0.1, -0.05) is 30.3 Å². The van der Waals surface area contributed by atoms with E-state index in [2.05, 4.69) is 17.0 Å². The molecule has 3 atom stereocenters. The molecule has 32 heavy (non-hydrogen) atoms. The molecule has 0 spiro atoms. The van der Waals surface area contributed by atoms with Crippen LogP contribution in [-0.2, 0) is 17.5 Å². The van der Waals surface area contributed by atoms with E-state index >= 15 is 0 Å². The summed E-state index contributed by atoms with van der Waals surface area (Å²) in [4.78, 5) is 2.42. The Morgan fingerprint density at radius 3 is 2.31 bits per heavy atom. The molecule has 0 aromatic heterocycles. The Hall–Kier alpha value is -2.25. The molecule has 4 nitrogen and oxygen atoms in total. The maximum Gasteiger partial charge on any atom is 0.416 e. The Morgan fingerprint density at radius 1 is 0.938 bits per heavy atom. The average molecular weight is 447 g/mol. The fourth-order valence-corrected chi connectivity index (χ4v) is 4.69. The molecule has 2 aromatic rings. The van der Waals surface area contributed by atoms with E-state index in [1.165, 1.54) is 11.6 Å². The highest BCUT2D eigenvalue weighted by atomic mass is 19.4. The van der Waals surface area contributed by atoms with Gasteiger partial charge in [0.2, 0.25) is 0 Å². The Morgan fingerprint density at radius 2 is 1.66 bits per heavy atom. The van der Waals surface area contributed by atoms with Gasteiger partial charge in [-0.15, -0.1) is 0 Å². The highest BCUT2D eigenvalue weighted by molar-refractivity contribution is 5.44. The van der Waals surface area contributed by atoms with Crippen LogP contribution in [0.3, 0.4) is 0 Å². The number of ether oxygens (including phenoxy) is 3. The first kappa shape index (κ1) is 21.6. The van der Waals surface area contributed by atoms with Crippen molar-refractivity contribution in [1.82, 2.24) is 4.90 Å². The zero-order valence-electron chi connectivity index (χ0n) is 17.9. The number of likely N-dealkylation sites (tertiary alicyclic amines) is 1. The number of hydrogen-bond acceptors (Lipinski definition) is 4. The third-order valence-corrected chi connectivity index (χ3v) is 6.53. The van der Waals surface area contributed by atoms with Gasteiger partial charge in [0.15, 0.2) is 11.5 Å². The Bertz CT molecular complexity index is 902. The summed E-state index contributed by atoms with van der Waals surface area (Å²) in [5.74, 6) is 1.34. The highest BCUT2D eigenvalue weighted by Crippen LogP contribution is 2.40. The van der Waals surface area contributed by atoms with Crippen molar-refractivity contribution in [2.75, 3.05) is 32.9 Å². The monoisotopic (exact) mass is 447 g/mol. The van der Waals surface area contributed by atoms with Crippen molar-refractivity contribution in [1.29, 1.82) is 0 Å². The Kier molecular flexibility index (Phi) is 6.03. The van der Waals surface area contributed by atoms with Crippen LogP contribution in [0.5, 0.6) is 11.5 Å². The third-order valence-electron chi connectivity index (χ3n) is 6.53. The summed E-state index contributed by atoms with van der Waals surface area (Å²) >= 11 is 0. The molecule has 1 aliphatic carbocycles. The first-order valence-electron chi connectivity index (χ1n) is 11.3. The van der Waals surface area contributed by atoms with E-state index in [1.807, 2.05) is 18.2 Å². The summed E-state index contributed by atoms with van der Waals surface area (Å²) < 4.78 is 57.7. The summed E-state index contributed by atoms with van der Waals surface area (Å²) in [5.41, 5.74) is 0.557. The molecule has 3 aliphatic rings. The van der Waals surface area contributed by atoms with E-state index in [-0.39, 0.29) is 23.7 Å². The quantitative estimate of drug-likeness (QED) is 0.597. The SMILES string of the molecule is FC(F)(F)c1ccc(OC2C3COC[C@@H]2CN(Cc2ccccc2)C3)c(OCC2CC2)c1. The molecule has 1 saturated carbocycles. The van der Waals surface area contributed by atoms with Gasteiger partial charge in [-0.05, 0) is 42.5 Å². The van der Waals surface area contributed by atoms with Crippen molar-refractivity contribution in [3.05, 3.63) is 59.7 Å². The van der Waals surface area contributed by atoms with Gasteiger partial charge >= 0.3 is 6.18 Å². The Labute approximate surface area is 186 Å². The molecule has 2 aliphatic heterocycles. The van der Waals surface area contributed by atoms with E-state index in [0.717, 1.165) is 44.6 Å². The lowest BCUT2D eigenvalue weighted by Gasteiger charge is -2.46. The van der Waals surface area contributed by atoms with E-state index in [1.54, 1.807) is 0 Å². The van der Waals surface area contributed by atoms with Crippen LogP contribution in [0.25, 0.3) is 0 Å². The lowest BCUT2D eigenvalue weighted by Crippen LogP contribution is -2.57. The second-order valence-corrected chi connectivity index (χ2v) is 9.23. The maximum absolute atomic E-state index is 13.3. The minimum atomic E-state index is -4.41. The molecule has 0 amide bonds. The van der Waals surface area contributed by atoms with Gasteiger partial charge in [0, 0.05) is 31.5 Å². The van der Waals surface area contributed by atoms with Crippen LogP contribution < -0.4 is 9.47 Å². The van der Waals surface area contributed by atoms with Gasteiger partial charge in [0.05, 0.1) is 25.4 Å². The van der Waals surface area contributed by atoms with Crippen LogP contribution in [0.4, 0.5) is 13.2 Å². The number of rotatable bonds is 7. The minimum Gasteiger partial charge on any atom is -0.489 e. The van der Waals surface area contributed by atoms with Crippen molar-refractivity contribution in [3.63, 3.8) is 0 Å². The number of hydrogen-bond donors (Lipinski definition) is 0. The molecular formula is C25H28F3NO3. The van der Waals surface area contributed by atoms with Gasteiger partial charge < -0.3 is 14.2 Å². The summed E-state index contributed by atoms with van der Waals surface area (Å²) in [7, 11) is 0. The third kappa shape index (κ3) is 5.04. The predicted molar refractivity (Wildman–Crippen MR) is 114 cm³/mol. The number of benzene rings is 2. The standard InChI is InChI=1S/C25H28F3NO3/c26-25(27,28)21-8-9-22(23(10-21)31-14-18-6-7-18)32-24-19-12-29(13-20(24)16-30-15-19)11-17-4-2-1-3-5-17/h1-5,8-10,18-20,24H,6-7,11-16H2/t19-,20?,24?/m0/s1. The molecule has 2 heterocycles. The molecule has 0 N–H and O–H groups in total. The summed E-state index contributed by atoms with van der Waals surface area (Å²) in [5, 5.41) is 0. The smallest absolute Gasteiger partial charge is 0.416 e. The molecule has 3 fully saturated rings. The highest BCUT2D eigenvalue weighted by Gasteiger charge is 2.42. The van der Waals surface area contributed by atoms with Gasteiger partial charge in [-0.3, -0.25) is 4.90 Å². The number of halogens is 3. The van der Waals surface area contributed by atoms with Gasteiger partial charge in [0.25, 0.3) is 0 Å². The minimum absolute atomic E-state index is 0.101. The van der Waals surface area contributed by atoms with E-state index in [9.17, 15) is 13.2 Å². The van der Waals surface area contributed by atoms with Crippen molar-refractivity contribution in [3.8, 4) is 11.5 Å². The second kappa shape index (κ2) is 8.94. The van der Waals surface area contributed by atoms with Crippen molar-refractivity contribution in [2.24, 2.45) is 17.8 Å². The molecule has 2 bridgehead atoms. The largest absolute Gasteiger partial charge is 0.489 e. The first-order valence-corrected chi connectivity index (χ1v) is 11.3. The normalized spacial score (nSPS) is 26.0. The average Bonchev–Trinajstić information content (AvgIpc) is 3.58. The summed E-state index contributed by atoms with van der Waals surface area (Å²) in [6.07, 6.45) is -2.38. The zero-order chi connectivity index (χ0) is 22.1. The summed E-state index contributed by atoms with van der Waals surface area (Å²) in [6, 6.07) is 13.9. The molecular weight excluding hydrogens is 419 g/mol. The first-order chi connectivity index (χ1) is 15.5. The number of piperidine rings is 1. The van der Waals surface area contributed by atoms with E-state index in [0.29, 0.717) is 31.5 Å². The number of nitrogens with zero attached hydrogens (tertiary/aromatic N) is 1. The van der Waals surface area contributed by atoms with E-state index in [4.69, 9.17) is 14.2 Å². The topological polar surface area (TPSA) is 30.9 Å². The number of fused-ring (bicyclic) bond motifs is 2. The molecule has 0 radical (unpaired) electrons. The molecule has 5 rings (SSSR count). The molecule has 172 valence electrons. The van der Waals surface area contributed by atoms with Crippen molar-refractivity contribution >= 4 is 0 Å². The van der Waals surface area contributed by atoms with Crippen molar-refractivity contribution in [2.45, 2.75) is 31.7 Å². The molecule has 2 unspecified atom stereocenters. The second-order valence-electron chi connectivity index (χ2n) is 9.23. The molecule has 2 aromatic carbocycles. The fourth-order valence-electron chi connectivity index (χ4n) is 4.69. The van der Waals surface area contributed by atoms with Crippen LogP contribution in [0, 0.1) is 17.8 Å². The van der Waals surface area contributed by atoms with E-state index < -0.39 is 11.7 Å². The molecule has 7 heteroatoms. The van der Waals surface area contributed by atoms with Crippen LogP contribution in [0.1, 0.15) is 24.0 Å². The summed E-state index contributed by atoms with van der Waals surface area (Å²) in [6.45, 7) is 4.14. The maximum atomic E-state index is 13.3. The molecule has 2 saturated heterocycles. The Balaban J connectivity index is 1.31. The lowest BCUT2D eigenvalue weighted by molar-refractivity contribution is -0.137. The van der Waals surface area contributed by atoms with Crippen LogP contribution in [-0.4, -0.2) is 43.9 Å². The van der Waals surface area contributed by atoms with Crippen LogP contribution in [0.15, 0.2) is 48.5 Å². The predicted octanol–water partition coefficient (Wildman–Crippen LogP) is 5.02. The van der Waals surface area contributed by atoms with Gasteiger partial charge in [-0.25, -0.2) is 0 Å². The van der Waals surface area contributed by atoms with Crippen LogP contribution >= 0.6 is 0 Å². The van der Waals surface area contributed by atoms with Gasteiger partial charge in [0.1, 0.15) is 6.10 Å². The zero-order valence-corrected chi connectivity index (χ0v) is 17.9. The fraction of sp³-hybridized carbons (Fsp3) is 0.520.